The van der Waals surface area contributed by atoms with E-state index in [1.807, 2.05) is 0 Å². The topological polar surface area (TPSA) is 38.7 Å². The number of benzene rings is 1. The third-order valence-electron chi connectivity index (χ3n) is 3.17. The van der Waals surface area contributed by atoms with Gasteiger partial charge in [0.15, 0.2) is 0 Å². The van der Waals surface area contributed by atoms with Crippen molar-refractivity contribution in [1.29, 1.82) is 0 Å². The summed E-state index contributed by atoms with van der Waals surface area (Å²) in [6.45, 7) is 1.73. The van der Waals surface area contributed by atoms with Crippen molar-refractivity contribution in [1.82, 2.24) is 0 Å². The summed E-state index contributed by atoms with van der Waals surface area (Å²) in [7, 11) is 0. The van der Waals surface area contributed by atoms with Crippen LogP contribution in [0.5, 0.6) is 0 Å². The number of aliphatic hydroxyl groups excluding tert-OH is 1. The van der Waals surface area contributed by atoms with Gasteiger partial charge in [-0.3, -0.25) is 0 Å². The summed E-state index contributed by atoms with van der Waals surface area (Å²) in [5.74, 6) is 5.28. The normalized spacial score (nSPS) is 15.7. The Morgan fingerprint density at radius 3 is 2.85 bits per heavy atom. The zero-order valence-corrected chi connectivity index (χ0v) is 11.4. The molecule has 1 heterocycles. The Balaban J connectivity index is 1.90. The lowest BCUT2D eigenvalue weighted by Gasteiger charge is -2.22. The lowest BCUT2D eigenvalue weighted by Crippen LogP contribution is -2.23. The maximum Gasteiger partial charge on any atom is 0.129 e. The van der Waals surface area contributed by atoms with Gasteiger partial charge in [-0.1, -0.05) is 17.9 Å². The average molecular weight is 278 g/mol. The molecule has 3 nitrogen and oxygen atoms in total. The zero-order chi connectivity index (χ0) is 14.2. The Morgan fingerprint density at radius 2 is 2.15 bits per heavy atom. The van der Waals surface area contributed by atoms with Crippen LogP contribution < -0.4 is 0 Å². The lowest BCUT2D eigenvalue weighted by atomic mass is 10.1. The maximum absolute atomic E-state index is 13.9. The van der Waals surface area contributed by atoms with Gasteiger partial charge in [-0.2, -0.15) is 0 Å². The molecule has 1 aromatic rings. The molecule has 4 heteroatoms. The van der Waals surface area contributed by atoms with Gasteiger partial charge in [-0.15, -0.1) is 0 Å². The van der Waals surface area contributed by atoms with E-state index in [0.29, 0.717) is 30.8 Å². The quantitative estimate of drug-likeness (QED) is 0.859. The molecule has 1 fully saturated rings. The molecule has 1 N–H and O–H groups in total. The molecule has 1 aliphatic heterocycles. The molecule has 1 aliphatic rings. The predicted octanol–water partition coefficient (Wildman–Crippen LogP) is 2.26. The molecular formula is C16H19FO3. The average Bonchev–Trinajstić information content (AvgIpc) is 2.48. The molecule has 0 radical (unpaired) electrons. The van der Waals surface area contributed by atoms with Gasteiger partial charge in [-0.05, 0) is 25.0 Å². The van der Waals surface area contributed by atoms with Gasteiger partial charge >= 0.3 is 0 Å². The van der Waals surface area contributed by atoms with Crippen molar-refractivity contribution in [2.24, 2.45) is 0 Å². The largest absolute Gasteiger partial charge is 0.395 e. The monoisotopic (exact) mass is 278 g/mol. The number of ether oxygens (including phenoxy) is 2. The van der Waals surface area contributed by atoms with Crippen LogP contribution in [0.25, 0.3) is 0 Å². The summed E-state index contributed by atoms with van der Waals surface area (Å²) in [6, 6.07) is 4.89. The van der Waals surface area contributed by atoms with Crippen LogP contribution in [-0.4, -0.2) is 31.0 Å². The molecule has 20 heavy (non-hydrogen) atoms. The molecule has 108 valence electrons. The van der Waals surface area contributed by atoms with Crippen molar-refractivity contribution < 1.29 is 19.0 Å². The molecule has 0 atom stereocenters. The molecule has 1 saturated heterocycles. The highest BCUT2D eigenvalue weighted by molar-refractivity contribution is 5.36. The minimum atomic E-state index is -0.298. The van der Waals surface area contributed by atoms with Crippen LogP contribution in [0.4, 0.5) is 4.39 Å². The van der Waals surface area contributed by atoms with Crippen molar-refractivity contribution in [2.45, 2.75) is 32.0 Å². The van der Waals surface area contributed by atoms with E-state index in [4.69, 9.17) is 14.6 Å². The highest BCUT2D eigenvalue weighted by Crippen LogP contribution is 2.16. The van der Waals surface area contributed by atoms with E-state index in [2.05, 4.69) is 11.8 Å². The second-order valence-electron chi connectivity index (χ2n) is 4.70. The van der Waals surface area contributed by atoms with Crippen molar-refractivity contribution in [2.75, 3.05) is 19.8 Å². The molecule has 0 saturated carbocycles. The van der Waals surface area contributed by atoms with Crippen LogP contribution in [0.3, 0.4) is 0 Å². The minimum Gasteiger partial charge on any atom is -0.395 e. The summed E-state index contributed by atoms with van der Waals surface area (Å²) in [4.78, 5) is 0. The van der Waals surface area contributed by atoms with Gasteiger partial charge in [0, 0.05) is 30.8 Å². The van der Waals surface area contributed by atoms with Gasteiger partial charge < -0.3 is 14.6 Å². The van der Waals surface area contributed by atoms with Crippen molar-refractivity contribution in [3.05, 3.63) is 35.1 Å². The number of hydrogen-bond donors (Lipinski definition) is 1. The second-order valence-corrected chi connectivity index (χ2v) is 4.70. The van der Waals surface area contributed by atoms with Crippen molar-refractivity contribution in [3.8, 4) is 11.8 Å². The van der Waals surface area contributed by atoms with E-state index in [1.165, 1.54) is 6.07 Å². The first-order valence-corrected chi connectivity index (χ1v) is 6.87. The molecular weight excluding hydrogens is 259 g/mol. The number of rotatable bonds is 4. The van der Waals surface area contributed by atoms with Crippen LogP contribution in [0.15, 0.2) is 18.2 Å². The third-order valence-corrected chi connectivity index (χ3v) is 3.17. The molecule has 0 aliphatic carbocycles. The highest BCUT2D eigenvalue weighted by Gasteiger charge is 2.14. The zero-order valence-electron chi connectivity index (χ0n) is 11.4. The Morgan fingerprint density at radius 1 is 1.35 bits per heavy atom. The standard InChI is InChI=1S/C16H19FO3/c17-16-11-13(3-1-2-8-18)4-5-14(16)12-20-15-6-9-19-10-7-15/h4-5,11,15,18H,2,6-10,12H2. The van der Waals surface area contributed by atoms with E-state index >= 15 is 0 Å². The van der Waals surface area contributed by atoms with Gasteiger partial charge in [0.2, 0.25) is 0 Å². The fraction of sp³-hybridized carbons (Fsp3) is 0.500. The third kappa shape index (κ3) is 4.61. The van der Waals surface area contributed by atoms with Gasteiger partial charge in [-0.25, -0.2) is 4.39 Å². The Labute approximate surface area is 118 Å². The Bertz CT molecular complexity index is 484. The highest BCUT2D eigenvalue weighted by atomic mass is 19.1. The van der Waals surface area contributed by atoms with Gasteiger partial charge in [0.25, 0.3) is 0 Å². The summed E-state index contributed by atoms with van der Waals surface area (Å²) in [5.41, 5.74) is 1.16. The van der Waals surface area contributed by atoms with Crippen molar-refractivity contribution in [3.63, 3.8) is 0 Å². The van der Waals surface area contributed by atoms with E-state index in [-0.39, 0.29) is 25.1 Å². The van der Waals surface area contributed by atoms with E-state index in [9.17, 15) is 4.39 Å². The summed E-state index contributed by atoms with van der Waals surface area (Å²) in [6.07, 6.45) is 2.29. The second kappa shape index (κ2) is 8.01. The number of aliphatic hydroxyl groups is 1. The van der Waals surface area contributed by atoms with E-state index in [0.717, 1.165) is 12.8 Å². The van der Waals surface area contributed by atoms with E-state index in [1.54, 1.807) is 12.1 Å². The first-order valence-electron chi connectivity index (χ1n) is 6.87. The fourth-order valence-corrected chi connectivity index (χ4v) is 2.01. The Hall–Kier alpha value is -1.41. The molecule has 0 aromatic heterocycles. The summed E-state index contributed by atoms with van der Waals surface area (Å²) < 4.78 is 24.8. The fourth-order valence-electron chi connectivity index (χ4n) is 2.01. The maximum atomic E-state index is 13.9. The van der Waals surface area contributed by atoms with Gasteiger partial charge in [0.05, 0.1) is 19.3 Å². The minimum absolute atomic E-state index is 0.0203. The molecule has 0 amide bonds. The van der Waals surface area contributed by atoms with Crippen LogP contribution in [-0.2, 0) is 16.1 Å². The smallest absolute Gasteiger partial charge is 0.129 e. The van der Waals surface area contributed by atoms with E-state index < -0.39 is 0 Å². The SMILES string of the molecule is OCCC#Cc1ccc(COC2CCOCC2)c(F)c1. The number of hydrogen-bond acceptors (Lipinski definition) is 3. The molecule has 1 aromatic carbocycles. The predicted molar refractivity (Wildman–Crippen MR) is 73.6 cm³/mol. The van der Waals surface area contributed by atoms with Crippen LogP contribution in [0.1, 0.15) is 30.4 Å². The van der Waals surface area contributed by atoms with Crippen LogP contribution in [0, 0.1) is 17.7 Å². The Kier molecular flexibility index (Phi) is 6.00. The lowest BCUT2D eigenvalue weighted by molar-refractivity contribution is -0.0397. The first kappa shape index (κ1) is 15.0. The molecule has 0 spiro atoms. The first-order chi connectivity index (χ1) is 9.79. The summed E-state index contributed by atoms with van der Waals surface area (Å²) in [5, 5.41) is 8.63. The number of halogens is 1. The summed E-state index contributed by atoms with van der Waals surface area (Å²) >= 11 is 0. The molecule has 2 rings (SSSR count). The van der Waals surface area contributed by atoms with Crippen LogP contribution in [0.2, 0.25) is 0 Å². The molecule has 0 bridgehead atoms. The van der Waals surface area contributed by atoms with Gasteiger partial charge in [0.1, 0.15) is 5.82 Å². The molecule has 0 unspecified atom stereocenters. The van der Waals surface area contributed by atoms with Crippen LogP contribution >= 0.6 is 0 Å². The van der Waals surface area contributed by atoms with Crippen molar-refractivity contribution >= 4 is 0 Å².